The minimum absolute atomic E-state index is 0.221. The summed E-state index contributed by atoms with van der Waals surface area (Å²) in [4.78, 5) is 6.20. The van der Waals surface area contributed by atoms with E-state index >= 15 is 0 Å². The Hall–Kier alpha value is -2.90. The first-order valence-corrected chi connectivity index (χ1v) is 9.28. The van der Waals surface area contributed by atoms with E-state index in [4.69, 9.17) is 20.6 Å². The number of allylic oxidation sites excluding steroid dienone is 1. The van der Waals surface area contributed by atoms with Crippen LogP contribution in [0.15, 0.2) is 53.9 Å². The van der Waals surface area contributed by atoms with Crippen molar-refractivity contribution in [2.24, 2.45) is 5.73 Å². The number of fused-ring (bicyclic) bond motifs is 1. The second kappa shape index (κ2) is 7.26. The normalized spacial score (nSPS) is 26.3. The first-order valence-electron chi connectivity index (χ1n) is 9.28. The first kappa shape index (κ1) is 18.5. The Morgan fingerprint density at radius 1 is 1.39 bits per heavy atom. The quantitative estimate of drug-likeness (QED) is 0.752. The number of nitrogens with zero attached hydrogens (tertiary/aromatic N) is 2. The Morgan fingerprint density at radius 2 is 2.18 bits per heavy atom. The number of hydrogen-bond donors (Lipinski definition) is 3. The molecule has 0 amide bonds. The molecule has 146 valence electrons. The molecule has 1 aromatic heterocycles. The topological polar surface area (TPSA) is 105 Å². The van der Waals surface area contributed by atoms with Gasteiger partial charge in [-0.1, -0.05) is 6.07 Å². The summed E-state index contributed by atoms with van der Waals surface area (Å²) in [5.74, 6) is 0.970. The van der Waals surface area contributed by atoms with Gasteiger partial charge in [-0.2, -0.15) is 0 Å². The zero-order valence-corrected chi connectivity index (χ0v) is 15.9. The van der Waals surface area contributed by atoms with Crippen LogP contribution in [0.5, 0.6) is 5.75 Å². The average molecular weight is 380 g/mol. The van der Waals surface area contributed by atoms with Crippen molar-refractivity contribution < 1.29 is 14.6 Å². The van der Waals surface area contributed by atoms with Crippen LogP contribution in [-0.2, 0) is 4.74 Å². The summed E-state index contributed by atoms with van der Waals surface area (Å²) in [6.45, 7) is 3.93. The van der Waals surface area contributed by atoms with Gasteiger partial charge in [-0.25, -0.2) is 0 Å². The van der Waals surface area contributed by atoms with Gasteiger partial charge in [-0.05, 0) is 38.1 Å². The third kappa shape index (κ3) is 3.46. The smallest absolute Gasteiger partial charge is 0.138 e. The fourth-order valence-electron chi connectivity index (χ4n) is 3.51. The predicted molar refractivity (Wildman–Crippen MR) is 107 cm³/mol. The minimum atomic E-state index is -0.668. The first-order chi connectivity index (χ1) is 13.4. The molecule has 3 heterocycles. The highest BCUT2D eigenvalue weighted by molar-refractivity contribution is 6.02. The second-order valence-electron chi connectivity index (χ2n) is 7.22. The molecule has 2 aliphatic rings. The summed E-state index contributed by atoms with van der Waals surface area (Å²) in [7, 11) is 0. The van der Waals surface area contributed by atoms with Crippen molar-refractivity contribution in [3.8, 4) is 5.75 Å². The van der Waals surface area contributed by atoms with Crippen molar-refractivity contribution in [2.45, 2.75) is 38.7 Å². The SMILES string of the molecule is C/C(N)=C1\C=CN([C@H]2C[C@H](O)[C@@H](COc3ccc4ccc(C)nc4c3)O2)C1=N. The average Bonchev–Trinajstić information content (AvgIpc) is 3.22. The summed E-state index contributed by atoms with van der Waals surface area (Å²) in [5, 5.41) is 19.7. The lowest BCUT2D eigenvalue weighted by Gasteiger charge is -2.24. The molecule has 1 aromatic carbocycles. The van der Waals surface area contributed by atoms with Crippen LogP contribution in [0.1, 0.15) is 19.0 Å². The summed E-state index contributed by atoms with van der Waals surface area (Å²) in [6, 6.07) is 9.74. The summed E-state index contributed by atoms with van der Waals surface area (Å²) < 4.78 is 11.8. The Labute approximate surface area is 163 Å². The van der Waals surface area contributed by atoms with Gasteiger partial charge in [0.25, 0.3) is 0 Å². The van der Waals surface area contributed by atoms with Crippen molar-refractivity contribution in [1.29, 1.82) is 5.41 Å². The lowest BCUT2D eigenvalue weighted by molar-refractivity contribution is -0.0432. The number of aliphatic hydroxyl groups is 1. The highest BCUT2D eigenvalue weighted by Crippen LogP contribution is 2.29. The summed E-state index contributed by atoms with van der Waals surface area (Å²) in [6.07, 6.45) is 2.41. The Bertz CT molecular complexity index is 981. The highest BCUT2D eigenvalue weighted by atomic mass is 16.6. The van der Waals surface area contributed by atoms with E-state index < -0.39 is 18.4 Å². The standard InChI is InChI=1S/C21H24N4O3/c1-12-3-4-14-5-6-15(9-17(14)24-12)27-11-19-18(26)10-20(28-19)25-8-7-16(13(2)22)21(25)23/h3-9,18-20,23,26H,10-11,22H2,1-2H3/b16-13-,23-21?/t18-,19+,20+/m0/s1. The molecule has 0 saturated carbocycles. The van der Waals surface area contributed by atoms with Gasteiger partial charge in [0, 0.05) is 41.0 Å². The number of hydrogen-bond acceptors (Lipinski definition) is 6. The predicted octanol–water partition coefficient (Wildman–Crippen LogP) is 2.44. The van der Waals surface area contributed by atoms with E-state index in [0.29, 0.717) is 23.4 Å². The molecule has 0 bridgehead atoms. The number of amidine groups is 1. The van der Waals surface area contributed by atoms with Gasteiger partial charge in [0.05, 0.1) is 11.6 Å². The van der Waals surface area contributed by atoms with Crippen LogP contribution in [0, 0.1) is 12.3 Å². The maximum absolute atomic E-state index is 10.4. The molecule has 0 unspecified atom stereocenters. The maximum Gasteiger partial charge on any atom is 0.138 e. The highest BCUT2D eigenvalue weighted by Gasteiger charge is 2.39. The van der Waals surface area contributed by atoms with Gasteiger partial charge in [0.1, 0.15) is 30.5 Å². The second-order valence-corrected chi connectivity index (χ2v) is 7.22. The fraction of sp³-hybridized carbons (Fsp3) is 0.333. The largest absolute Gasteiger partial charge is 0.491 e. The van der Waals surface area contributed by atoms with E-state index in [0.717, 1.165) is 16.6 Å². The molecule has 4 rings (SSSR count). The van der Waals surface area contributed by atoms with Gasteiger partial charge >= 0.3 is 0 Å². The molecule has 0 aliphatic carbocycles. The van der Waals surface area contributed by atoms with Crippen molar-refractivity contribution in [1.82, 2.24) is 9.88 Å². The number of pyridine rings is 1. The van der Waals surface area contributed by atoms with Crippen LogP contribution in [-0.4, -0.2) is 45.9 Å². The molecule has 1 fully saturated rings. The van der Waals surface area contributed by atoms with Gasteiger partial charge in [0.15, 0.2) is 0 Å². The minimum Gasteiger partial charge on any atom is -0.491 e. The molecule has 4 N–H and O–H groups in total. The summed E-state index contributed by atoms with van der Waals surface area (Å²) in [5.41, 5.74) is 8.89. The Balaban J connectivity index is 1.40. The zero-order chi connectivity index (χ0) is 19.8. The number of ether oxygens (including phenoxy) is 2. The molecule has 1 saturated heterocycles. The molecule has 2 aliphatic heterocycles. The third-order valence-electron chi connectivity index (χ3n) is 5.07. The molecule has 0 radical (unpaired) electrons. The number of aryl methyl sites for hydroxylation is 1. The molecular formula is C21H24N4O3. The number of aromatic nitrogens is 1. The van der Waals surface area contributed by atoms with E-state index in [1.165, 1.54) is 0 Å². The lowest BCUT2D eigenvalue weighted by atomic mass is 10.1. The maximum atomic E-state index is 10.4. The zero-order valence-electron chi connectivity index (χ0n) is 15.9. The van der Waals surface area contributed by atoms with Gasteiger partial charge < -0.3 is 25.2 Å². The van der Waals surface area contributed by atoms with Crippen LogP contribution in [0.3, 0.4) is 0 Å². The van der Waals surface area contributed by atoms with Gasteiger partial charge in [0.2, 0.25) is 0 Å². The van der Waals surface area contributed by atoms with Crippen molar-refractivity contribution >= 4 is 16.7 Å². The van der Waals surface area contributed by atoms with Crippen LogP contribution in [0.2, 0.25) is 0 Å². The van der Waals surface area contributed by atoms with Crippen LogP contribution in [0.4, 0.5) is 0 Å². The van der Waals surface area contributed by atoms with E-state index in [1.54, 1.807) is 24.1 Å². The van der Waals surface area contributed by atoms with E-state index in [9.17, 15) is 5.11 Å². The Morgan fingerprint density at radius 3 is 2.93 bits per heavy atom. The number of benzene rings is 1. The molecule has 7 heteroatoms. The van der Waals surface area contributed by atoms with Crippen molar-refractivity contribution in [3.63, 3.8) is 0 Å². The Kier molecular flexibility index (Phi) is 4.78. The third-order valence-corrected chi connectivity index (χ3v) is 5.07. The van der Waals surface area contributed by atoms with Crippen LogP contribution < -0.4 is 10.5 Å². The molecule has 3 atom stereocenters. The fourth-order valence-corrected chi connectivity index (χ4v) is 3.51. The molecule has 0 spiro atoms. The van der Waals surface area contributed by atoms with Crippen molar-refractivity contribution in [3.05, 3.63) is 59.6 Å². The number of nitrogens with two attached hydrogens (primary N) is 1. The van der Waals surface area contributed by atoms with E-state index in [1.807, 2.05) is 37.3 Å². The van der Waals surface area contributed by atoms with Gasteiger partial charge in [-0.3, -0.25) is 10.4 Å². The molecule has 28 heavy (non-hydrogen) atoms. The summed E-state index contributed by atoms with van der Waals surface area (Å²) >= 11 is 0. The van der Waals surface area contributed by atoms with E-state index in [-0.39, 0.29) is 12.4 Å². The van der Waals surface area contributed by atoms with Crippen molar-refractivity contribution in [2.75, 3.05) is 6.61 Å². The van der Waals surface area contributed by atoms with E-state index in [2.05, 4.69) is 4.98 Å². The number of nitrogens with one attached hydrogen (secondary N) is 1. The molecule has 7 nitrogen and oxygen atoms in total. The lowest BCUT2D eigenvalue weighted by Crippen LogP contribution is -2.34. The van der Waals surface area contributed by atoms with Crippen LogP contribution >= 0.6 is 0 Å². The van der Waals surface area contributed by atoms with Crippen LogP contribution in [0.25, 0.3) is 10.9 Å². The number of rotatable bonds is 4. The molecular weight excluding hydrogens is 356 g/mol. The monoisotopic (exact) mass is 380 g/mol. The van der Waals surface area contributed by atoms with Gasteiger partial charge in [-0.15, -0.1) is 0 Å². The number of aliphatic hydroxyl groups excluding tert-OH is 1. The molecule has 2 aromatic rings.